The Morgan fingerprint density at radius 3 is 2.00 bits per heavy atom. The van der Waals surface area contributed by atoms with Gasteiger partial charge in [-0.3, -0.25) is 0 Å². The van der Waals surface area contributed by atoms with E-state index in [0.717, 1.165) is 19.3 Å². The molecule has 0 radical (unpaired) electrons. The van der Waals surface area contributed by atoms with Gasteiger partial charge in [0.25, 0.3) is 0 Å². The molecule has 0 spiro atoms. The van der Waals surface area contributed by atoms with Crippen LogP contribution >= 0.6 is 10.7 Å². The molecule has 0 N–H and O–H groups in total. The predicted molar refractivity (Wildman–Crippen MR) is 77.5 cm³/mol. The molecule has 1 aromatic rings. The van der Waals surface area contributed by atoms with Gasteiger partial charge in [0.2, 0.25) is 9.05 Å². The largest absolute Gasteiger partial charge is 0.232 e. The smallest absolute Gasteiger partial charge is 0.212 e. The molecule has 0 amide bonds. The van der Waals surface area contributed by atoms with Crippen molar-refractivity contribution in [1.82, 2.24) is 0 Å². The molecule has 0 aliphatic carbocycles. The van der Waals surface area contributed by atoms with Gasteiger partial charge in [0.1, 0.15) is 0 Å². The average molecular weight is 289 g/mol. The lowest BCUT2D eigenvalue weighted by Gasteiger charge is -2.02. The van der Waals surface area contributed by atoms with Crippen LogP contribution in [0, 0.1) is 0 Å². The van der Waals surface area contributed by atoms with Crippen LogP contribution in [-0.2, 0) is 15.5 Å². The van der Waals surface area contributed by atoms with Gasteiger partial charge in [-0.25, -0.2) is 8.42 Å². The van der Waals surface area contributed by atoms with Crippen molar-refractivity contribution in [3.05, 3.63) is 35.9 Å². The summed E-state index contributed by atoms with van der Waals surface area (Å²) in [5.74, 6) is 0.110. The fourth-order valence-electron chi connectivity index (χ4n) is 1.96. The zero-order valence-corrected chi connectivity index (χ0v) is 12.2. The summed E-state index contributed by atoms with van der Waals surface area (Å²) in [4.78, 5) is 0. The Morgan fingerprint density at radius 2 is 1.39 bits per heavy atom. The average Bonchev–Trinajstić information content (AvgIpc) is 2.32. The van der Waals surface area contributed by atoms with Crippen LogP contribution in [0.4, 0.5) is 0 Å². The minimum absolute atomic E-state index is 0.110. The molecule has 0 unspecified atom stereocenters. The summed E-state index contributed by atoms with van der Waals surface area (Å²) in [6.45, 7) is 0. The summed E-state index contributed by atoms with van der Waals surface area (Å²) in [6, 6.07) is 10.5. The highest BCUT2D eigenvalue weighted by Crippen LogP contribution is 2.11. The Balaban J connectivity index is 1.93. The molecule has 0 aromatic heterocycles. The second-order valence-electron chi connectivity index (χ2n) is 4.60. The Morgan fingerprint density at radius 1 is 0.833 bits per heavy atom. The number of hydrogen-bond acceptors (Lipinski definition) is 2. The monoisotopic (exact) mass is 288 g/mol. The fraction of sp³-hybridized carbons (Fsp3) is 0.571. The predicted octanol–water partition coefficient (Wildman–Crippen LogP) is 4.14. The Hall–Kier alpha value is -0.540. The molecule has 0 aliphatic rings. The first kappa shape index (κ1) is 15.5. The molecule has 18 heavy (non-hydrogen) atoms. The van der Waals surface area contributed by atoms with E-state index in [0.29, 0.717) is 6.42 Å². The molecular weight excluding hydrogens is 268 g/mol. The van der Waals surface area contributed by atoms with Crippen LogP contribution in [0.15, 0.2) is 30.3 Å². The maximum atomic E-state index is 10.7. The number of unbranched alkanes of at least 4 members (excludes halogenated alkanes) is 5. The van der Waals surface area contributed by atoms with E-state index in [1.807, 2.05) is 6.07 Å². The SMILES string of the molecule is O=S(=O)(Cl)CCCCCCCCc1ccccc1. The summed E-state index contributed by atoms with van der Waals surface area (Å²) >= 11 is 0. The van der Waals surface area contributed by atoms with Gasteiger partial charge in [-0.1, -0.05) is 56.0 Å². The molecule has 0 heterocycles. The molecular formula is C14H21ClO2S. The van der Waals surface area contributed by atoms with Crippen LogP contribution in [0.1, 0.15) is 44.1 Å². The molecule has 0 atom stereocenters. The van der Waals surface area contributed by atoms with Crippen LogP contribution in [0.25, 0.3) is 0 Å². The molecule has 2 nitrogen and oxygen atoms in total. The summed E-state index contributed by atoms with van der Waals surface area (Å²) in [5.41, 5.74) is 1.39. The standard InChI is InChI=1S/C14H21ClO2S/c15-18(16,17)13-9-4-2-1-3-6-10-14-11-7-5-8-12-14/h5,7-8,11-12H,1-4,6,9-10,13H2. The third-order valence-corrected chi connectivity index (χ3v) is 4.19. The molecule has 102 valence electrons. The number of benzene rings is 1. The van der Waals surface area contributed by atoms with Gasteiger partial charge in [-0.2, -0.15) is 0 Å². The van der Waals surface area contributed by atoms with Gasteiger partial charge in [0, 0.05) is 10.7 Å². The van der Waals surface area contributed by atoms with E-state index in [-0.39, 0.29) is 5.75 Å². The highest BCUT2D eigenvalue weighted by Gasteiger charge is 2.03. The van der Waals surface area contributed by atoms with Crippen molar-refractivity contribution >= 4 is 19.7 Å². The van der Waals surface area contributed by atoms with Crippen molar-refractivity contribution < 1.29 is 8.42 Å². The first-order chi connectivity index (χ1) is 8.58. The van der Waals surface area contributed by atoms with Crippen molar-refractivity contribution in [3.8, 4) is 0 Å². The van der Waals surface area contributed by atoms with Crippen molar-refractivity contribution in [2.45, 2.75) is 44.9 Å². The second-order valence-corrected chi connectivity index (χ2v) is 7.50. The van der Waals surface area contributed by atoms with E-state index >= 15 is 0 Å². The van der Waals surface area contributed by atoms with Crippen molar-refractivity contribution in [1.29, 1.82) is 0 Å². The lowest BCUT2D eigenvalue weighted by atomic mass is 10.1. The van der Waals surface area contributed by atoms with Gasteiger partial charge in [0.15, 0.2) is 0 Å². The fourth-order valence-corrected chi connectivity index (χ4v) is 2.83. The molecule has 4 heteroatoms. The topological polar surface area (TPSA) is 34.1 Å². The first-order valence-corrected chi connectivity index (χ1v) is 9.02. The Labute approximate surface area is 115 Å². The van der Waals surface area contributed by atoms with Crippen LogP contribution in [0.5, 0.6) is 0 Å². The summed E-state index contributed by atoms with van der Waals surface area (Å²) in [7, 11) is 1.85. The van der Waals surface area contributed by atoms with Gasteiger partial charge >= 0.3 is 0 Å². The normalized spacial score (nSPS) is 11.6. The highest BCUT2D eigenvalue weighted by molar-refractivity contribution is 8.13. The summed E-state index contributed by atoms with van der Waals surface area (Å²) in [5, 5.41) is 0. The van der Waals surface area contributed by atoms with E-state index in [9.17, 15) is 8.42 Å². The Kier molecular flexibility index (Phi) is 7.36. The van der Waals surface area contributed by atoms with Gasteiger partial charge in [0.05, 0.1) is 5.75 Å². The third kappa shape index (κ3) is 8.54. The van der Waals surface area contributed by atoms with Crippen molar-refractivity contribution in [3.63, 3.8) is 0 Å². The van der Waals surface area contributed by atoms with E-state index in [1.165, 1.54) is 24.8 Å². The molecule has 0 saturated heterocycles. The van der Waals surface area contributed by atoms with E-state index in [1.54, 1.807) is 0 Å². The van der Waals surface area contributed by atoms with Gasteiger partial charge in [-0.15, -0.1) is 0 Å². The first-order valence-electron chi connectivity index (χ1n) is 6.54. The lowest BCUT2D eigenvalue weighted by molar-refractivity contribution is 0.589. The highest BCUT2D eigenvalue weighted by atomic mass is 35.7. The minimum atomic E-state index is -3.29. The van der Waals surface area contributed by atoms with Crippen LogP contribution < -0.4 is 0 Å². The molecule has 0 fully saturated rings. The number of aryl methyl sites for hydroxylation is 1. The number of halogens is 1. The maximum absolute atomic E-state index is 10.7. The molecule has 0 saturated carbocycles. The lowest BCUT2D eigenvalue weighted by Crippen LogP contribution is -1.96. The summed E-state index contributed by atoms with van der Waals surface area (Å²) < 4.78 is 21.4. The van der Waals surface area contributed by atoms with Gasteiger partial charge < -0.3 is 0 Å². The summed E-state index contributed by atoms with van der Waals surface area (Å²) in [6.07, 6.45) is 7.47. The minimum Gasteiger partial charge on any atom is -0.212 e. The van der Waals surface area contributed by atoms with Crippen molar-refractivity contribution in [2.24, 2.45) is 0 Å². The zero-order chi connectivity index (χ0) is 13.3. The molecule has 0 aliphatic heterocycles. The number of rotatable bonds is 9. The quantitative estimate of drug-likeness (QED) is 0.505. The van der Waals surface area contributed by atoms with Gasteiger partial charge in [-0.05, 0) is 24.8 Å². The maximum Gasteiger partial charge on any atom is 0.232 e. The van der Waals surface area contributed by atoms with E-state index < -0.39 is 9.05 Å². The van der Waals surface area contributed by atoms with Crippen LogP contribution in [-0.4, -0.2) is 14.2 Å². The number of hydrogen-bond donors (Lipinski definition) is 0. The molecule has 1 aromatic carbocycles. The molecule has 1 rings (SSSR count). The molecule has 0 bridgehead atoms. The van der Waals surface area contributed by atoms with Crippen LogP contribution in [0.2, 0.25) is 0 Å². The van der Waals surface area contributed by atoms with Crippen LogP contribution in [0.3, 0.4) is 0 Å². The van der Waals surface area contributed by atoms with Crippen molar-refractivity contribution in [2.75, 3.05) is 5.75 Å². The second kappa shape index (κ2) is 8.54. The third-order valence-electron chi connectivity index (χ3n) is 2.95. The Bertz CT molecular complexity index is 415. The van der Waals surface area contributed by atoms with E-state index in [4.69, 9.17) is 10.7 Å². The zero-order valence-electron chi connectivity index (χ0n) is 10.6. The van der Waals surface area contributed by atoms with E-state index in [2.05, 4.69) is 24.3 Å².